The summed E-state index contributed by atoms with van der Waals surface area (Å²) in [5.41, 5.74) is 0.785. The number of amides is 4. The number of hydrogen-bond donors (Lipinski definition) is 3. The quantitative estimate of drug-likeness (QED) is 0.564. The molecule has 0 fully saturated rings. The molecule has 1 heterocycles. The second-order valence-electron chi connectivity index (χ2n) is 6.89. The van der Waals surface area contributed by atoms with E-state index in [4.69, 9.17) is 9.15 Å². The second-order valence-corrected chi connectivity index (χ2v) is 6.89. The number of carbonyl (C=O) groups is 4. The summed E-state index contributed by atoms with van der Waals surface area (Å²) in [7, 11) is 0. The molecule has 0 aliphatic carbocycles. The lowest BCUT2D eigenvalue weighted by Gasteiger charge is -2.20. The van der Waals surface area contributed by atoms with Crippen molar-refractivity contribution in [1.29, 1.82) is 0 Å². The van der Waals surface area contributed by atoms with E-state index in [0.29, 0.717) is 0 Å². The van der Waals surface area contributed by atoms with Crippen LogP contribution >= 0.6 is 0 Å². The van der Waals surface area contributed by atoms with E-state index in [2.05, 4.69) is 16.0 Å². The maximum absolute atomic E-state index is 12.7. The molecule has 4 amide bonds. The number of benzene rings is 1. The summed E-state index contributed by atoms with van der Waals surface area (Å²) in [4.78, 5) is 48.8. The Balaban J connectivity index is 2.04. The van der Waals surface area contributed by atoms with Gasteiger partial charge in [-0.2, -0.15) is 0 Å². The maximum Gasteiger partial charge on any atom is 0.329 e. The Bertz CT molecular complexity index is 864. The Kier molecular flexibility index (Phi) is 8.16. The minimum absolute atomic E-state index is 0.0389. The van der Waals surface area contributed by atoms with Gasteiger partial charge in [0, 0.05) is 12.5 Å². The third-order valence-corrected chi connectivity index (χ3v) is 3.94. The van der Waals surface area contributed by atoms with Crippen LogP contribution in [-0.2, 0) is 20.7 Å². The molecule has 9 nitrogen and oxygen atoms in total. The first kappa shape index (κ1) is 22.7. The van der Waals surface area contributed by atoms with Crippen molar-refractivity contribution in [2.24, 2.45) is 0 Å². The van der Waals surface area contributed by atoms with Crippen molar-refractivity contribution >= 4 is 23.8 Å². The first-order valence-corrected chi connectivity index (χ1v) is 9.46. The summed E-state index contributed by atoms with van der Waals surface area (Å²) in [5.74, 6) is -2.15. The van der Waals surface area contributed by atoms with Crippen LogP contribution in [0.2, 0.25) is 0 Å². The number of ether oxygens (including phenoxy) is 1. The van der Waals surface area contributed by atoms with E-state index in [1.165, 1.54) is 19.3 Å². The van der Waals surface area contributed by atoms with Crippen molar-refractivity contribution in [3.63, 3.8) is 0 Å². The molecule has 0 aliphatic heterocycles. The number of carbonyl (C=O) groups excluding carboxylic acids is 4. The molecule has 0 bridgehead atoms. The molecule has 9 heteroatoms. The second kappa shape index (κ2) is 10.8. The molecular weight excluding hydrogens is 390 g/mol. The Hall–Kier alpha value is -3.62. The number of esters is 1. The van der Waals surface area contributed by atoms with E-state index < -0.39 is 36.0 Å². The van der Waals surface area contributed by atoms with Gasteiger partial charge < -0.3 is 19.8 Å². The molecule has 0 saturated heterocycles. The highest BCUT2D eigenvalue weighted by molar-refractivity contribution is 5.98. The molecule has 0 unspecified atom stereocenters. The van der Waals surface area contributed by atoms with Gasteiger partial charge in [0.25, 0.3) is 11.8 Å². The van der Waals surface area contributed by atoms with Crippen LogP contribution in [0.3, 0.4) is 0 Å². The number of hydrogen-bond acceptors (Lipinski definition) is 6. The average molecular weight is 415 g/mol. The van der Waals surface area contributed by atoms with Crippen LogP contribution in [0.25, 0.3) is 0 Å². The lowest BCUT2D eigenvalue weighted by Crippen LogP contribution is -2.49. The Morgan fingerprint density at radius 2 is 1.67 bits per heavy atom. The van der Waals surface area contributed by atoms with E-state index in [-0.39, 0.29) is 18.2 Å². The molecule has 3 N–H and O–H groups in total. The predicted octanol–water partition coefficient (Wildman–Crippen LogP) is 1.79. The first-order valence-electron chi connectivity index (χ1n) is 9.46. The van der Waals surface area contributed by atoms with Gasteiger partial charge in [-0.15, -0.1) is 0 Å². The zero-order valence-corrected chi connectivity index (χ0v) is 17.0. The molecule has 0 aliphatic rings. The Labute approximate surface area is 174 Å². The lowest BCUT2D eigenvalue weighted by atomic mass is 10.1. The Morgan fingerprint density at radius 3 is 2.27 bits per heavy atom. The molecule has 1 aromatic carbocycles. The van der Waals surface area contributed by atoms with Gasteiger partial charge in [0.15, 0.2) is 11.9 Å². The first-order chi connectivity index (χ1) is 14.3. The Morgan fingerprint density at radius 1 is 0.967 bits per heavy atom. The topological polar surface area (TPSA) is 127 Å². The van der Waals surface area contributed by atoms with E-state index >= 15 is 0 Å². The van der Waals surface area contributed by atoms with Crippen LogP contribution in [0.15, 0.2) is 53.1 Å². The molecule has 0 spiro atoms. The third kappa shape index (κ3) is 7.08. The highest BCUT2D eigenvalue weighted by Crippen LogP contribution is 2.08. The van der Waals surface area contributed by atoms with Crippen LogP contribution in [0.5, 0.6) is 0 Å². The number of rotatable bonds is 8. The zero-order valence-electron chi connectivity index (χ0n) is 17.0. The molecule has 160 valence electrons. The fourth-order valence-electron chi connectivity index (χ4n) is 2.50. The van der Waals surface area contributed by atoms with Crippen LogP contribution in [0.4, 0.5) is 4.79 Å². The van der Waals surface area contributed by atoms with E-state index in [0.717, 1.165) is 5.56 Å². The lowest BCUT2D eigenvalue weighted by molar-refractivity contribution is -0.156. The van der Waals surface area contributed by atoms with Crippen molar-refractivity contribution < 1.29 is 28.3 Å². The maximum atomic E-state index is 12.7. The van der Waals surface area contributed by atoms with Gasteiger partial charge in [-0.3, -0.25) is 14.9 Å². The zero-order chi connectivity index (χ0) is 22.1. The van der Waals surface area contributed by atoms with Crippen LogP contribution in [-0.4, -0.2) is 42.0 Å². The molecular formula is C21H25N3O6. The number of imide groups is 1. The summed E-state index contributed by atoms with van der Waals surface area (Å²) >= 11 is 0. The molecule has 2 aromatic rings. The molecule has 30 heavy (non-hydrogen) atoms. The molecule has 2 atom stereocenters. The van der Waals surface area contributed by atoms with E-state index in [1.54, 1.807) is 44.2 Å². The van der Waals surface area contributed by atoms with Gasteiger partial charge in [-0.05, 0) is 38.5 Å². The summed E-state index contributed by atoms with van der Waals surface area (Å²) in [6.45, 7) is 4.82. The SMILES string of the molecule is CC(C)NC(=O)NC(=O)[C@H](C)OC(=O)[C@H](Cc1ccccc1)NC(=O)c1ccco1. The highest BCUT2D eigenvalue weighted by Gasteiger charge is 2.28. The van der Waals surface area contributed by atoms with Crippen LogP contribution in [0, 0.1) is 0 Å². The minimum atomic E-state index is -1.24. The van der Waals surface area contributed by atoms with Crippen molar-refractivity contribution in [2.45, 2.75) is 45.4 Å². The molecule has 1 aromatic heterocycles. The smallest absolute Gasteiger partial charge is 0.329 e. The van der Waals surface area contributed by atoms with E-state index in [1.807, 2.05) is 6.07 Å². The number of furan rings is 1. The van der Waals surface area contributed by atoms with Crippen molar-refractivity contribution in [3.05, 3.63) is 60.1 Å². The third-order valence-electron chi connectivity index (χ3n) is 3.94. The van der Waals surface area contributed by atoms with Gasteiger partial charge in [0.05, 0.1) is 6.26 Å². The molecule has 0 radical (unpaired) electrons. The number of nitrogens with one attached hydrogen (secondary N) is 3. The van der Waals surface area contributed by atoms with Gasteiger partial charge in [-0.25, -0.2) is 9.59 Å². The summed E-state index contributed by atoms with van der Waals surface area (Å²) in [6, 6.07) is 10.1. The van der Waals surface area contributed by atoms with Gasteiger partial charge in [-0.1, -0.05) is 30.3 Å². The monoisotopic (exact) mass is 415 g/mol. The van der Waals surface area contributed by atoms with Crippen molar-refractivity contribution in [3.8, 4) is 0 Å². The standard InChI is InChI=1S/C21H25N3O6/c1-13(2)22-21(28)24-18(25)14(3)30-20(27)16(12-15-8-5-4-6-9-15)23-19(26)17-10-7-11-29-17/h4-11,13-14,16H,12H2,1-3H3,(H,23,26)(H2,22,24,25,28)/t14-,16-/m0/s1. The van der Waals surface area contributed by atoms with Crippen molar-refractivity contribution in [2.75, 3.05) is 0 Å². The summed E-state index contributed by atoms with van der Waals surface area (Å²) in [6.07, 6.45) is 0.247. The van der Waals surface area contributed by atoms with Gasteiger partial charge >= 0.3 is 12.0 Å². The van der Waals surface area contributed by atoms with Gasteiger partial charge in [0.2, 0.25) is 0 Å². The normalized spacial score (nSPS) is 12.5. The molecule has 0 saturated carbocycles. The van der Waals surface area contributed by atoms with Gasteiger partial charge in [0.1, 0.15) is 6.04 Å². The number of urea groups is 1. The fourth-order valence-corrected chi connectivity index (χ4v) is 2.50. The fraction of sp³-hybridized carbons (Fsp3) is 0.333. The van der Waals surface area contributed by atoms with Crippen molar-refractivity contribution in [1.82, 2.24) is 16.0 Å². The van der Waals surface area contributed by atoms with Crippen LogP contribution < -0.4 is 16.0 Å². The molecule has 2 rings (SSSR count). The summed E-state index contributed by atoms with van der Waals surface area (Å²) < 4.78 is 10.2. The average Bonchev–Trinajstić information content (AvgIpc) is 3.22. The highest BCUT2D eigenvalue weighted by atomic mass is 16.5. The largest absolute Gasteiger partial charge is 0.459 e. The summed E-state index contributed by atoms with van der Waals surface area (Å²) in [5, 5.41) is 7.16. The predicted molar refractivity (Wildman–Crippen MR) is 107 cm³/mol. The minimum Gasteiger partial charge on any atom is -0.459 e. The van der Waals surface area contributed by atoms with E-state index in [9.17, 15) is 19.2 Å². The van der Waals surface area contributed by atoms with Crippen LogP contribution in [0.1, 0.15) is 36.9 Å².